The predicted octanol–water partition coefficient (Wildman–Crippen LogP) is 2.56. The maximum atomic E-state index is 12.3. The molecule has 1 aromatic rings. The van der Waals surface area contributed by atoms with Crippen molar-refractivity contribution in [2.45, 2.75) is 18.9 Å². The summed E-state index contributed by atoms with van der Waals surface area (Å²) < 4.78 is 28.7. The molecule has 0 amide bonds. The number of benzene rings is 1. The predicted molar refractivity (Wildman–Crippen MR) is 60.6 cm³/mol. The number of nitro benzene ring substituents is 1. The lowest BCUT2D eigenvalue weighted by Crippen LogP contribution is -2.10. The second-order valence-electron chi connectivity index (χ2n) is 3.43. The Labute approximate surface area is 110 Å². The van der Waals surface area contributed by atoms with Gasteiger partial charge < -0.3 is 9.84 Å². The highest BCUT2D eigenvalue weighted by Gasteiger charge is 2.21. The second kappa shape index (κ2) is 6.28. The minimum Gasteiger partial charge on any atom is -0.481 e. The number of nitro groups is 1. The molecule has 0 saturated heterocycles. The number of carboxylic acid groups (broad SMARTS) is 1. The van der Waals surface area contributed by atoms with Crippen LogP contribution in [0.2, 0.25) is 0 Å². The quantitative estimate of drug-likeness (QED) is 0.495. The van der Waals surface area contributed by atoms with Crippen LogP contribution in [-0.2, 0) is 17.1 Å². The maximum absolute atomic E-state index is 12.3. The van der Waals surface area contributed by atoms with E-state index in [0.717, 1.165) is 12.1 Å². The van der Waals surface area contributed by atoms with Crippen molar-refractivity contribution >= 4 is 23.3 Å². The van der Waals surface area contributed by atoms with Crippen LogP contribution in [0, 0.1) is 10.1 Å². The van der Waals surface area contributed by atoms with E-state index in [4.69, 9.17) is 16.7 Å². The zero-order valence-corrected chi connectivity index (χ0v) is 10.1. The number of carboxylic acids is 1. The summed E-state index contributed by atoms with van der Waals surface area (Å²) in [6.45, 7) is -3.18. The van der Waals surface area contributed by atoms with Gasteiger partial charge in [0.25, 0.3) is 5.69 Å². The Bertz CT molecular complexity index is 509. The molecule has 19 heavy (non-hydrogen) atoms. The summed E-state index contributed by atoms with van der Waals surface area (Å²) in [7, 11) is 0. The Morgan fingerprint density at radius 1 is 1.47 bits per heavy atom. The van der Waals surface area contributed by atoms with Crippen molar-refractivity contribution < 1.29 is 28.3 Å². The summed E-state index contributed by atoms with van der Waals surface area (Å²) in [5.41, 5.74) is -0.724. The Hall–Kier alpha value is -1.96. The van der Waals surface area contributed by atoms with Gasteiger partial charge in [-0.25, -0.2) is 0 Å². The number of rotatable bonds is 6. The maximum Gasteiger partial charge on any atom is 0.387 e. The highest BCUT2D eigenvalue weighted by Crippen LogP contribution is 2.32. The van der Waals surface area contributed by atoms with Gasteiger partial charge >= 0.3 is 12.6 Å². The van der Waals surface area contributed by atoms with Gasteiger partial charge in [-0.3, -0.25) is 14.9 Å². The summed E-state index contributed by atoms with van der Waals surface area (Å²) >= 11 is 5.51. The van der Waals surface area contributed by atoms with E-state index in [1.165, 1.54) is 0 Å². The Morgan fingerprint density at radius 2 is 2.05 bits per heavy atom. The van der Waals surface area contributed by atoms with Gasteiger partial charge in [0.05, 0.1) is 17.2 Å². The molecule has 0 atom stereocenters. The molecule has 1 aromatic carbocycles. The lowest BCUT2D eigenvalue weighted by molar-refractivity contribution is -0.385. The van der Waals surface area contributed by atoms with Crippen LogP contribution in [0.1, 0.15) is 11.1 Å². The molecule has 0 aliphatic rings. The van der Waals surface area contributed by atoms with E-state index in [2.05, 4.69) is 4.74 Å². The molecular weight excluding hydrogens is 288 g/mol. The molecule has 0 fully saturated rings. The number of nitrogens with zero attached hydrogens (tertiary/aromatic N) is 1. The SMILES string of the molecule is O=C(O)Cc1cc([N+](=O)[O-])cc(CCl)c1OC(F)F. The molecule has 0 spiro atoms. The minimum absolute atomic E-state index is 0.0626. The molecule has 0 aliphatic heterocycles. The lowest BCUT2D eigenvalue weighted by atomic mass is 10.1. The minimum atomic E-state index is -3.18. The number of carbonyl (C=O) groups is 1. The smallest absolute Gasteiger partial charge is 0.387 e. The fraction of sp³-hybridized carbons (Fsp3) is 0.300. The third-order valence-corrected chi connectivity index (χ3v) is 2.42. The van der Waals surface area contributed by atoms with Crippen LogP contribution in [0.5, 0.6) is 5.75 Å². The number of alkyl halides is 3. The Balaban J connectivity index is 3.37. The van der Waals surface area contributed by atoms with E-state index in [1.54, 1.807) is 0 Å². The number of non-ortho nitro benzene ring substituents is 1. The largest absolute Gasteiger partial charge is 0.481 e. The molecule has 1 rings (SSSR count). The van der Waals surface area contributed by atoms with Crippen LogP contribution < -0.4 is 4.74 Å². The van der Waals surface area contributed by atoms with Gasteiger partial charge in [0, 0.05) is 23.3 Å². The second-order valence-corrected chi connectivity index (χ2v) is 3.70. The van der Waals surface area contributed by atoms with Gasteiger partial charge in [-0.1, -0.05) is 0 Å². The van der Waals surface area contributed by atoms with E-state index in [-0.39, 0.29) is 17.0 Å². The fourth-order valence-electron chi connectivity index (χ4n) is 1.48. The zero-order valence-electron chi connectivity index (χ0n) is 9.31. The van der Waals surface area contributed by atoms with Crippen LogP contribution in [0.25, 0.3) is 0 Å². The van der Waals surface area contributed by atoms with Crippen LogP contribution in [0.15, 0.2) is 12.1 Å². The van der Waals surface area contributed by atoms with Gasteiger partial charge in [0.1, 0.15) is 5.75 Å². The molecule has 6 nitrogen and oxygen atoms in total. The fourth-order valence-corrected chi connectivity index (χ4v) is 1.67. The van der Waals surface area contributed by atoms with Gasteiger partial charge in [-0.15, -0.1) is 11.6 Å². The van der Waals surface area contributed by atoms with Gasteiger partial charge in [-0.2, -0.15) is 8.78 Å². The summed E-state index contributed by atoms with van der Waals surface area (Å²) in [6.07, 6.45) is -0.687. The van der Waals surface area contributed by atoms with E-state index in [9.17, 15) is 23.7 Å². The normalized spacial score (nSPS) is 10.5. The lowest BCUT2D eigenvalue weighted by Gasteiger charge is -2.13. The first kappa shape index (κ1) is 15.1. The first-order valence-electron chi connectivity index (χ1n) is 4.88. The van der Waals surface area contributed by atoms with Crippen molar-refractivity contribution in [3.05, 3.63) is 33.4 Å². The first-order valence-corrected chi connectivity index (χ1v) is 5.41. The van der Waals surface area contributed by atoms with Crippen LogP contribution >= 0.6 is 11.6 Å². The zero-order chi connectivity index (χ0) is 14.6. The Morgan fingerprint density at radius 3 is 2.47 bits per heavy atom. The molecule has 0 aliphatic carbocycles. The molecule has 0 unspecified atom stereocenters. The summed E-state index contributed by atoms with van der Waals surface area (Å²) in [6, 6.07) is 1.85. The molecule has 0 radical (unpaired) electrons. The van der Waals surface area contributed by atoms with Crippen LogP contribution in [-0.4, -0.2) is 22.6 Å². The van der Waals surface area contributed by atoms with E-state index in [1.807, 2.05) is 0 Å². The molecule has 0 heterocycles. The average Bonchev–Trinajstić information content (AvgIpc) is 2.29. The van der Waals surface area contributed by atoms with Crippen molar-refractivity contribution in [1.82, 2.24) is 0 Å². The topological polar surface area (TPSA) is 89.7 Å². The molecule has 1 N–H and O–H groups in total. The highest BCUT2D eigenvalue weighted by atomic mass is 35.5. The van der Waals surface area contributed by atoms with Crippen molar-refractivity contribution in [3.8, 4) is 5.75 Å². The van der Waals surface area contributed by atoms with Gasteiger partial charge in [0.15, 0.2) is 0 Å². The third-order valence-electron chi connectivity index (χ3n) is 2.13. The number of hydrogen-bond donors (Lipinski definition) is 1. The molecule has 9 heteroatoms. The Kier molecular flexibility index (Phi) is 4.99. The first-order chi connectivity index (χ1) is 8.85. The summed E-state index contributed by atoms with van der Waals surface area (Å²) in [4.78, 5) is 20.5. The molecule has 104 valence electrons. The van der Waals surface area contributed by atoms with E-state index < -0.39 is 35.4 Å². The molecule has 0 bridgehead atoms. The summed E-state index contributed by atoms with van der Waals surface area (Å²) in [5.74, 6) is -2.09. The van der Waals surface area contributed by atoms with E-state index >= 15 is 0 Å². The van der Waals surface area contributed by atoms with E-state index in [0.29, 0.717) is 0 Å². The van der Waals surface area contributed by atoms with Crippen molar-refractivity contribution in [3.63, 3.8) is 0 Å². The molecule has 0 aromatic heterocycles. The third kappa shape index (κ3) is 4.02. The number of halogens is 3. The van der Waals surface area contributed by atoms with Crippen molar-refractivity contribution in [2.24, 2.45) is 0 Å². The average molecular weight is 296 g/mol. The monoisotopic (exact) mass is 295 g/mol. The highest BCUT2D eigenvalue weighted by molar-refractivity contribution is 6.17. The molecule has 0 saturated carbocycles. The van der Waals surface area contributed by atoms with Gasteiger partial charge in [-0.05, 0) is 0 Å². The number of ether oxygens (including phenoxy) is 1. The molecular formula is C10H8ClF2NO5. The summed E-state index contributed by atoms with van der Waals surface area (Å²) in [5, 5.41) is 19.3. The van der Waals surface area contributed by atoms with Crippen molar-refractivity contribution in [2.75, 3.05) is 0 Å². The van der Waals surface area contributed by atoms with Crippen LogP contribution in [0.3, 0.4) is 0 Å². The number of aliphatic carboxylic acids is 1. The van der Waals surface area contributed by atoms with Gasteiger partial charge in [0.2, 0.25) is 0 Å². The van der Waals surface area contributed by atoms with Crippen molar-refractivity contribution in [1.29, 1.82) is 0 Å². The van der Waals surface area contributed by atoms with Crippen LogP contribution in [0.4, 0.5) is 14.5 Å². The standard InChI is InChI=1S/C10H8ClF2NO5/c11-4-6-2-7(14(17)18)1-5(3-8(15)16)9(6)19-10(12)13/h1-2,10H,3-4H2,(H,15,16). The number of hydrogen-bond acceptors (Lipinski definition) is 4.